The van der Waals surface area contributed by atoms with Crippen LogP contribution in [0.25, 0.3) is 0 Å². The Bertz CT molecular complexity index is 573. The molecule has 0 aromatic carbocycles. The van der Waals surface area contributed by atoms with Crippen LogP contribution >= 0.6 is 0 Å². The summed E-state index contributed by atoms with van der Waals surface area (Å²) < 4.78 is 48.0. The Morgan fingerprint density at radius 2 is 1.37 bits per heavy atom. The fraction of sp³-hybridized carbons (Fsp3) is 0.625. The van der Waals surface area contributed by atoms with Crippen LogP contribution in [0.4, 0.5) is 0 Å². The molecule has 2 unspecified atom stereocenters. The molecule has 0 spiro atoms. The van der Waals surface area contributed by atoms with E-state index in [0.29, 0.717) is 0 Å². The minimum Gasteiger partial charge on any atom is -1.00 e. The molecule has 0 amide bonds. The number of carbonyl (C=O) groups excluding carboxylic acids is 2. The molecule has 11 heteroatoms. The van der Waals surface area contributed by atoms with Crippen molar-refractivity contribution in [2.45, 2.75) is 26.1 Å². The molecule has 9 nitrogen and oxygen atoms in total. The molecule has 0 saturated carbocycles. The number of hydrogen-bond donors (Lipinski definition) is 0. The number of esters is 2. The molecule has 0 N–H and O–H groups in total. The van der Waals surface area contributed by atoms with Crippen molar-refractivity contribution in [3.63, 3.8) is 0 Å². The van der Waals surface area contributed by atoms with Gasteiger partial charge >= 0.3 is 35.0 Å². The van der Waals surface area contributed by atoms with Gasteiger partial charge in [0.15, 0.2) is 0 Å². The third-order valence-corrected chi connectivity index (χ3v) is 3.83. The third-order valence-electron chi connectivity index (χ3n) is 2.64. The van der Waals surface area contributed by atoms with Crippen LogP contribution in [0.15, 0.2) is 25.3 Å². The van der Waals surface area contributed by atoms with Gasteiger partial charge in [-0.05, 0) is 13.8 Å². The van der Waals surface area contributed by atoms with Gasteiger partial charge in [0.2, 0.25) is 0 Å². The van der Waals surface area contributed by atoms with Crippen LogP contribution in [-0.4, -0.2) is 94.4 Å². The first-order chi connectivity index (χ1) is 12.2. The number of rotatable bonds is 15. The van der Waals surface area contributed by atoms with E-state index in [1.54, 1.807) is 13.8 Å². The minimum atomic E-state index is -3.76. The summed E-state index contributed by atoms with van der Waals surface area (Å²) in [7, 11) is -3.76. The predicted molar refractivity (Wildman–Crippen MR) is 101 cm³/mol. The van der Waals surface area contributed by atoms with Crippen LogP contribution in [0, 0.1) is 0 Å². The van der Waals surface area contributed by atoms with E-state index in [1.165, 1.54) is 0 Å². The second-order valence-corrected chi connectivity index (χ2v) is 6.90. The quantitative estimate of drug-likeness (QED) is 0.122. The number of carbonyl (C=O) groups is 2. The van der Waals surface area contributed by atoms with Gasteiger partial charge in [-0.15, -0.1) is 0 Å². The summed E-state index contributed by atoms with van der Waals surface area (Å²) in [4.78, 5) is 21.9. The van der Waals surface area contributed by atoms with E-state index in [0.717, 1.165) is 12.2 Å². The van der Waals surface area contributed by atoms with Crippen LogP contribution in [0.1, 0.15) is 16.7 Å². The average Bonchev–Trinajstić information content (AvgIpc) is 2.58. The molecular weight excluding hydrogens is 393 g/mol. The maximum atomic E-state index is 11.6. The van der Waals surface area contributed by atoms with Crippen molar-refractivity contribution < 1.29 is 44.0 Å². The topological polar surface area (TPSA) is 114 Å². The molecule has 0 aromatic heterocycles. The van der Waals surface area contributed by atoms with E-state index in [1.807, 2.05) is 0 Å². The Morgan fingerprint density at radius 3 is 1.81 bits per heavy atom. The summed E-state index contributed by atoms with van der Waals surface area (Å²) in [5, 5.41) is 0. The molecule has 2 atom stereocenters. The van der Waals surface area contributed by atoms with Crippen LogP contribution in [-0.2, 0) is 42.8 Å². The largest absolute Gasteiger partial charge is 2.00 e. The van der Waals surface area contributed by atoms with Gasteiger partial charge in [-0.25, -0.2) is 9.59 Å². The number of hydrogen-bond acceptors (Lipinski definition) is 9. The molecule has 0 fully saturated rings. The molecule has 27 heavy (non-hydrogen) atoms. The standard InChI is InChI=1S/C16H26O9S.Mg.2H/c1-5-15(17)24-13(3)11-21-7-8-23-26(19,20)10-9-22-12-14(4)25-16(18)6-2;;;/h5-6,13-14H,1-2,7-12H2,3-4H3;;;/q;+2;2*-1. The van der Waals surface area contributed by atoms with Crippen LogP contribution in [0.5, 0.6) is 0 Å². The Balaban J connectivity index is -0.00000104. The Morgan fingerprint density at radius 1 is 0.926 bits per heavy atom. The van der Waals surface area contributed by atoms with E-state index < -0.39 is 34.3 Å². The molecular formula is C16H28MgO9S. The Labute approximate surface area is 179 Å². The Kier molecular flexibility index (Phi) is 16.7. The first-order valence-corrected chi connectivity index (χ1v) is 9.46. The second-order valence-electron chi connectivity index (χ2n) is 5.14. The van der Waals surface area contributed by atoms with Crippen LogP contribution in [0.2, 0.25) is 0 Å². The third kappa shape index (κ3) is 16.9. The summed E-state index contributed by atoms with van der Waals surface area (Å²) in [5.74, 6) is -1.48. The average molecular weight is 421 g/mol. The fourth-order valence-corrected chi connectivity index (χ4v) is 2.26. The molecule has 154 valence electrons. The van der Waals surface area contributed by atoms with Crippen molar-refractivity contribution in [1.82, 2.24) is 0 Å². The van der Waals surface area contributed by atoms with Gasteiger partial charge in [-0.1, -0.05) is 13.2 Å². The maximum Gasteiger partial charge on any atom is 2.00 e. The van der Waals surface area contributed by atoms with Gasteiger partial charge in [-0.3, -0.25) is 4.18 Å². The van der Waals surface area contributed by atoms with E-state index in [9.17, 15) is 18.0 Å². The summed E-state index contributed by atoms with van der Waals surface area (Å²) >= 11 is 0. The SMILES string of the molecule is C=CC(=O)OC(C)COCCOS(=O)(=O)CCOCC(C)OC(=O)C=C.[H-].[H-].[Mg+2]. The van der Waals surface area contributed by atoms with Gasteiger partial charge in [0.05, 0.1) is 38.8 Å². The van der Waals surface area contributed by atoms with Crippen molar-refractivity contribution in [1.29, 1.82) is 0 Å². The zero-order valence-electron chi connectivity index (χ0n) is 17.8. The van der Waals surface area contributed by atoms with Crippen LogP contribution in [0.3, 0.4) is 0 Å². The molecule has 0 aliphatic carbocycles. The monoisotopic (exact) mass is 420 g/mol. The molecule has 0 radical (unpaired) electrons. The molecule has 0 aliphatic heterocycles. The first-order valence-electron chi connectivity index (χ1n) is 7.88. The van der Waals surface area contributed by atoms with E-state index in [4.69, 9.17) is 23.1 Å². The molecule has 0 aliphatic rings. The summed E-state index contributed by atoms with van der Waals surface area (Å²) in [6, 6.07) is 0. The van der Waals surface area contributed by atoms with Gasteiger partial charge in [-0.2, -0.15) is 8.42 Å². The van der Waals surface area contributed by atoms with Crippen molar-refractivity contribution in [3.8, 4) is 0 Å². The fourth-order valence-electron chi connectivity index (χ4n) is 1.50. The van der Waals surface area contributed by atoms with Gasteiger partial charge in [0, 0.05) is 12.2 Å². The first kappa shape index (κ1) is 28.2. The number of ether oxygens (including phenoxy) is 4. The van der Waals surface area contributed by atoms with Gasteiger partial charge in [0.25, 0.3) is 10.1 Å². The molecule has 0 heterocycles. The van der Waals surface area contributed by atoms with Crippen molar-refractivity contribution in [2.75, 3.05) is 38.8 Å². The van der Waals surface area contributed by atoms with Gasteiger partial charge in [0.1, 0.15) is 12.2 Å². The van der Waals surface area contributed by atoms with E-state index in [-0.39, 0.29) is 64.7 Å². The summed E-state index contributed by atoms with van der Waals surface area (Å²) in [6.45, 7) is 9.67. The second kappa shape index (κ2) is 16.0. The van der Waals surface area contributed by atoms with Crippen molar-refractivity contribution in [3.05, 3.63) is 25.3 Å². The molecule has 0 rings (SSSR count). The zero-order chi connectivity index (χ0) is 20.0. The predicted octanol–water partition coefficient (Wildman–Crippen LogP) is 0.446. The molecule has 0 saturated heterocycles. The maximum absolute atomic E-state index is 11.6. The summed E-state index contributed by atoms with van der Waals surface area (Å²) in [6.07, 6.45) is 1.07. The minimum absolute atomic E-state index is 0. The smallest absolute Gasteiger partial charge is 1.00 e. The van der Waals surface area contributed by atoms with E-state index >= 15 is 0 Å². The van der Waals surface area contributed by atoms with Crippen LogP contribution < -0.4 is 0 Å². The van der Waals surface area contributed by atoms with E-state index in [2.05, 4.69) is 13.2 Å². The van der Waals surface area contributed by atoms with Gasteiger partial charge < -0.3 is 21.8 Å². The normalized spacial score (nSPS) is 13.0. The zero-order valence-corrected chi connectivity index (χ0v) is 18.0. The Hall–Kier alpha value is -0.984. The van der Waals surface area contributed by atoms with Crippen molar-refractivity contribution >= 4 is 45.1 Å². The molecule has 0 bridgehead atoms. The summed E-state index contributed by atoms with van der Waals surface area (Å²) in [5.41, 5.74) is 0. The van der Waals surface area contributed by atoms with Crippen molar-refractivity contribution in [2.24, 2.45) is 0 Å². The molecule has 0 aromatic rings.